The number of halogens is 1. The van der Waals surface area contributed by atoms with Crippen molar-refractivity contribution < 1.29 is 4.79 Å². The van der Waals surface area contributed by atoms with E-state index in [1.165, 1.54) is 25.7 Å². The molecule has 2 atom stereocenters. The Morgan fingerprint density at radius 2 is 2.28 bits per heavy atom. The Balaban J connectivity index is 1.90. The summed E-state index contributed by atoms with van der Waals surface area (Å²) in [6, 6.07) is 0. The van der Waals surface area contributed by atoms with Gasteiger partial charge in [0, 0.05) is 24.6 Å². The number of nitrogens with zero attached hydrogens (tertiary/aromatic N) is 2. The van der Waals surface area contributed by atoms with Gasteiger partial charge in [-0.1, -0.05) is 28.8 Å². The number of carbonyl (C=O) groups excluding carboxylic acids is 1. The largest absolute Gasteiger partial charge is 0.352 e. The molecule has 18 heavy (non-hydrogen) atoms. The maximum Gasteiger partial charge on any atom is 0.254 e. The molecular formula is C13H20BrN3O. The maximum atomic E-state index is 12.0. The summed E-state index contributed by atoms with van der Waals surface area (Å²) in [4.78, 5) is 12.6. The number of amides is 1. The molecule has 1 amide bonds. The fourth-order valence-electron chi connectivity index (χ4n) is 2.53. The predicted molar refractivity (Wildman–Crippen MR) is 75.0 cm³/mol. The summed E-state index contributed by atoms with van der Waals surface area (Å²) in [5.41, 5.74) is 1.47. The second-order valence-corrected chi connectivity index (χ2v) is 6.25. The van der Waals surface area contributed by atoms with E-state index in [0.29, 0.717) is 16.3 Å². The van der Waals surface area contributed by atoms with Crippen LogP contribution in [0.15, 0.2) is 6.20 Å². The van der Waals surface area contributed by atoms with Crippen molar-refractivity contribution in [1.29, 1.82) is 0 Å². The first-order chi connectivity index (χ1) is 8.58. The molecule has 0 aliphatic heterocycles. The average Bonchev–Trinajstić information content (AvgIpc) is 2.67. The molecule has 1 aromatic rings. The molecule has 1 heterocycles. The van der Waals surface area contributed by atoms with Gasteiger partial charge < -0.3 is 5.32 Å². The second-order valence-electron chi connectivity index (χ2n) is 5.07. The van der Waals surface area contributed by atoms with Crippen LogP contribution in [0.1, 0.15) is 41.7 Å². The molecular weight excluding hydrogens is 294 g/mol. The summed E-state index contributed by atoms with van der Waals surface area (Å²) in [5.74, 6) is 0.547. The summed E-state index contributed by atoms with van der Waals surface area (Å²) < 4.78 is 1.68. The van der Waals surface area contributed by atoms with Crippen LogP contribution in [0.3, 0.4) is 0 Å². The van der Waals surface area contributed by atoms with E-state index in [2.05, 4.69) is 26.3 Å². The lowest BCUT2D eigenvalue weighted by molar-refractivity contribution is 0.0944. The van der Waals surface area contributed by atoms with Crippen LogP contribution in [0.2, 0.25) is 0 Å². The third-order valence-corrected chi connectivity index (χ3v) is 4.80. The van der Waals surface area contributed by atoms with Crippen LogP contribution in [0.25, 0.3) is 0 Å². The summed E-state index contributed by atoms with van der Waals surface area (Å²) in [7, 11) is 1.83. The summed E-state index contributed by atoms with van der Waals surface area (Å²) in [5, 5.41) is 7.22. The van der Waals surface area contributed by atoms with Crippen LogP contribution in [0, 0.1) is 12.8 Å². The van der Waals surface area contributed by atoms with Crippen LogP contribution in [0.4, 0.5) is 0 Å². The fourth-order valence-corrected chi connectivity index (χ4v) is 3.31. The van der Waals surface area contributed by atoms with Crippen molar-refractivity contribution in [1.82, 2.24) is 15.1 Å². The molecule has 1 N–H and O–H groups in total. The number of aryl methyl sites for hydroxylation is 2. The molecule has 0 spiro atoms. The number of hydrogen-bond acceptors (Lipinski definition) is 2. The monoisotopic (exact) mass is 313 g/mol. The minimum Gasteiger partial charge on any atom is -0.352 e. The number of rotatable bonds is 3. The molecule has 5 heteroatoms. The van der Waals surface area contributed by atoms with Crippen molar-refractivity contribution in [3.05, 3.63) is 17.5 Å². The molecule has 2 unspecified atom stereocenters. The smallest absolute Gasteiger partial charge is 0.254 e. The van der Waals surface area contributed by atoms with Crippen molar-refractivity contribution in [2.24, 2.45) is 13.0 Å². The zero-order chi connectivity index (χ0) is 13.1. The van der Waals surface area contributed by atoms with E-state index < -0.39 is 0 Å². The van der Waals surface area contributed by atoms with Gasteiger partial charge in [-0.25, -0.2) is 0 Å². The van der Waals surface area contributed by atoms with Crippen molar-refractivity contribution in [3.63, 3.8) is 0 Å². The van der Waals surface area contributed by atoms with E-state index >= 15 is 0 Å². The minimum absolute atomic E-state index is 0.00845. The SMILES string of the molecule is Cc1nn(C)cc1C(=O)NCC1CCCCC1Br. The van der Waals surface area contributed by atoms with Gasteiger partial charge in [0.05, 0.1) is 11.3 Å². The number of aromatic nitrogens is 2. The summed E-state index contributed by atoms with van der Waals surface area (Å²) in [6.07, 6.45) is 6.75. The first-order valence-electron chi connectivity index (χ1n) is 6.50. The topological polar surface area (TPSA) is 46.9 Å². The highest BCUT2D eigenvalue weighted by Gasteiger charge is 2.23. The average molecular weight is 314 g/mol. The summed E-state index contributed by atoms with van der Waals surface area (Å²) >= 11 is 3.71. The maximum absolute atomic E-state index is 12.0. The fraction of sp³-hybridized carbons (Fsp3) is 0.692. The van der Waals surface area contributed by atoms with Gasteiger partial charge in [0.2, 0.25) is 0 Å². The standard InChI is InChI=1S/C13H20BrN3O/c1-9-11(8-17(2)16-9)13(18)15-7-10-5-3-4-6-12(10)14/h8,10,12H,3-7H2,1-2H3,(H,15,18). The normalized spacial score (nSPS) is 23.9. The van der Waals surface area contributed by atoms with E-state index in [-0.39, 0.29) is 5.91 Å². The molecule has 1 aliphatic carbocycles. The van der Waals surface area contributed by atoms with Crippen molar-refractivity contribution in [3.8, 4) is 0 Å². The minimum atomic E-state index is -0.00845. The molecule has 0 radical (unpaired) electrons. The van der Waals surface area contributed by atoms with Gasteiger partial charge in [-0.2, -0.15) is 5.10 Å². The van der Waals surface area contributed by atoms with Gasteiger partial charge in [-0.05, 0) is 25.7 Å². The van der Waals surface area contributed by atoms with Crippen molar-refractivity contribution in [2.75, 3.05) is 6.54 Å². The molecule has 0 aromatic carbocycles. The molecule has 0 saturated heterocycles. The quantitative estimate of drug-likeness (QED) is 0.871. The van der Waals surface area contributed by atoms with Crippen LogP contribution in [0.5, 0.6) is 0 Å². The van der Waals surface area contributed by atoms with E-state index in [9.17, 15) is 4.79 Å². The van der Waals surface area contributed by atoms with Crippen LogP contribution in [-0.4, -0.2) is 27.1 Å². The Morgan fingerprint density at radius 3 is 2.89 bits per heavy atom. The van der Waals surface area contributed by atoms with E-state index in [1.807, 2.05) is 14.0 Å². The highest BCUT2D eigenvalue weighted by Crippen LogP contribution is 2.29. The van der Waals surface area contributed by atoms with E-state index in [1.54, 1.807) is 10.9 Å². The van der Waals surface area contributed by atoms with Crippen LogP contribution < -0.4 is 5.32 Å². The molecule has 2 rings (SSSR count). The molecule has 1 aromatic heterocycles. The first kappa shape index (κ1) is 13.6. The highest BCUT2D eigenvalue weighted by molar-refractivity contribution is 9.09. The van der Waals surface area contributed by atoms with Gasteiger partial charge in [-0.15, -0.1) is 0 Å². The Morgan fingerprint density at radius 1 is 1.56 bits per heavy atom. The van der Waals surface area contributed by atoms with Crippen LogP contribution in [-0.2, 0) is 7.05 Å². The zero-order valence-electron chi connectivity index (χ0n) is 10.9. The van der Waals surface area contributed by atoms with Gasteiger partial charge in [0.1, 0.15) is 0 Å². The van der Waals surface area contributed by atoms with Gasteiger partial charge in [0.25, 0.3) is 5.91 Å². The number of nitrogens with one attached hydrogen (secondary N) is 1. The third kappa shape index (κ3) is 3.13. The van der Waals surface area contributed by atoms with Gasteiger partial charge >= 0.3 is 0 Å². The lowest BCUT2D eigenvalue weighted by Crippen LogP contribution is -2.34. The Hall–Kier alpha value is -0.840. The predicted octanol–water partition coefficient (Wildman–Crippen LogP) is 2.41. The third-order valence-electron chi connectivity index (χ3n) is 3.60. The Bertz CT molecular complexity index is 430. The lowest BCUT2D eigenvalue weighted by atomic mass is 9.89. The Labute approximate surface area is 116 Å². The lowest BCUT2D eigenvalue weighted by Gasteiger charge is -2.27. The molecule has 1 aliphatic rings. The molecule has 0 bridgehead atoms. The molecule has 4 nitrogen and oxygen atoms in total. The molecule has 1 saturated carbocycles. The van der Waals surface area contributed by atoms with Crippen molar-refractivity contribution in [2.45, 2.75) is 37.4 Å². The number of carbonyl (C=O) groups is 1. The molecule has 1 fully saturated rings. The Kier molecular flexibility index (Phi) is 4.43. The van der Waals surface area contributed by atoms with Gasteiger partial charge in [-0.3, -0.25) is 9.48 Å². The van der Waals surface area contributed by atoms with Crippen molar-refractivity contribution >= 4 is 21.8 Å². The van der Waals surface area contributed by atoms with E-state index in [4.69, 9.17) is 0 Å². The van der Waals surface area contributed by atoms with Gasteiger partial charge in [0.15, 0.2) is 0 Å². The number of alkyl halides is 1. The zero-order valence-corrected chi connectivity index (χ0v) is 12.5. The molecule has 100 valence electrons. The first-order valence-corrected chi connectivity index (χ1v) is 7.42. The summed E-state index contributed by atoms with van der Waals surface area (Å²) in [6.45, 7) is 2.62. The number of hydrogen-bond donors (Lipinski definition) is 1. The second kappa shape index (κ2) is 5.87. The van der Waals surface area contributed by atoms with E-state index in [0.717, 1.165) is 12.2 Å². The highest BCUT2D eigenvalue weighted by atomic mass is 79.9. The van der Waals surface area contributed by atoms with Crippen LogP contribution >= 0.6 is 15.9 Å².